The zero-order valence-corrected chi connectivity index (χ0v) is 11.3. The number of hydrogen-bond donors (Lipinski definition) is 1. The van der Waals surface area contributed by atoms with E-state index >= 15 is 0 Å². The molecule has 0 spiro atoms. The Labute approximate surface area is 116 Å². The summed E-state index contributed by atoms with van der Waals surface area (Å²) in [5.74, 6) is -1.41. The SMILES string of the molecule is Cc1ccccc1C(=O)NC1CCC(C(F)(F)F)CC1. The van der Waals surface area contributed by atoms with Gasteiger partial charge in [0.2, 0.25) is 0 Å². The summed E-state index contributed by atoms with van der Waals surface area (Å²) >= 11 is 0. The number of carbonyl (C=O) groups excluding carboxylic acids is 1. The van der Waals surface area contributed by atoms with Crippen molar-refractivity contribution in [3.8, 4) is 0 Å². The third kappa shape index (κ3) is 3.52. The zero-order valence-electron chi connectivity index (χ0n) is 11.3. The fourth-order valence-electron chi connectivity index (χ4n) is 2.66. The van der Waals surface area contributed by atoms with E-state index in [9.17, 15) is 18.0 Å². The first-order chi connectivity index (χ1) is 9.38. The lowest BCUT2D eigenvalue weighted by molar-refractivity contribution is -0.182. The van der Waals surface area contributed by atoms with Crippen molar-refractivity contribution < 1.29 is 18.0 Å². The molecule has 0 saturated heterocycles. The Balaban J connectivity index is 1.90. The summed E-state index contributed by atoms with van der Waals surface area (Å²) in [5.41, 5.74) is 1.46. The summed E-state index contributed by atoms with van der Waals surface area (Å²) in [6, 6.07) is 7.05. The molecule has 1 aromatic rings. The molecule has 1 amide bonds. The van der Waals surface area contributed by atoms with Gasteiger partial charge in [-0.25, -0.2) is 0 Å². The molecule has 1 saturated carbocycles. The van der Waals surface area contributed by atoms with Crippen LogP contribution in [0.2, 0.25) is 0 Å². The highest BCUT2D eigenvalue weighted by Gasteiger charge is 2.41. The van der Waals surface area contributed by atoms with E-state index in [1.54, 1.807) is 12.1 Å². The highest BCUT2D eigenvalue weighted by atomic mass is 19.4. The first kappa shape index (κ1) is 14.9. The predicted octanol–water partition coefficient (Wildman–Crippen LogP) is 3.85. The molecular weight excluding hydrogens is 267 g/mol. The summed E-state index contributed by atoms with van der Waals surface area (Å²) in [7, 11) is 0. The van der Waals surface area contributed by atoms with Gasteiger partial charge < -0.3 is 5.32 Å². The Morgan fingerprint density at radius 2 is 1.75 bits per heavy atom. The highest BCUT2D eigenvalue weighted by Crippen LogP contribution is 2.37. The van der Waals surface area contributed by atoms with E-state index in [0.717, 1.165) is 5.56 Å². The Morgan fingerprint density at radius 3 is 2.30 bits per heavy atom. The molecule has 0 aromatic heterocycles. The maximum absolute atomic E-state index is 12.6. The second-order valence-corrected chi connectivity index (χ2v) is 5.38. The molecule has 0 heterocycles. The number of halogens is 3. The largest absolute Gasteiger partial charge is 0.391 e. The van der Waals surface area contributed by atoms with Crippen LogP contribution in [0, 0.1) is 12.8 Å². The van der Waals surface area contributed by atoms with Gasteiger partial charge in [0.25, 0.3) is 5.91 Å². The number of rotatable bonds is 2. The van der Waals surface area contributed by atoms with Crippen LogP contribution in [0.15, 0.2) is 24.3 Å². The molecule has 0 radical (unpaired) electrons. The Kier molecular flexibility index (Phi) is 4.35. The van der Waals surface area contributed by atoms with Crippen LogP contribution in [0.1, 0.15) is 41.6 Å². The number of nitrogens with one attached hydrogen (secondary N) is 1. The molecule has 0 unspecified atom stereocenters. The molecule has 0 atom stereocenters. The van der Waals surface area contributed by atoms with Gasteiger partial charge in [0.1, 0.15) is 0 Å². The molecule has 1 aliphatic rings. The van der Waals surface area contributed by atoms with Crippen LogP contribution < -0.4 is 5.32 Å². The minimum absolute atomic E-state index is 0.0994. The number of aryl methyl sites for hydroxylation is 1. The van der Waals surface area contributed by atoms with Crippen LogP contribution in [-0.4, -0.2) is 18.1 Å². The second kappa shape index (κ2) is 5.85. The summed E-state index contributed by atoms with van der Waals surface area (Å²) in [6.45, 7) is 1.84. The van der Waals surface area contributed by atoms with Crippen LogP contribution in [0.25, 0.3) is 0 Å². The topological polar surface area (TPSA) is 29.1 Å². The highest BCUT2D eigenvalue weighted by molar-refractivity contribution is 5.95. The molecule has 1 aliphatic carbocycles. The lowest BCUT2D eigenvalue weighted by atomic mass is 9.85. The van der Waals surface area contributed by atoms with Crippen molar-refractivity contribution in [2.45, 2.75) is 44.8 Å². The zero-order chi connectivity index (χ0) is 14.8. The van der Waals surface area contributed by atoms with Crippen molar-refractivity contribution in [3.05, 3.63) is 35.4 Å². The van der Waals surface area contributed by atoms with Crippen LogP contribution in [0.5, 0.6) is 0 Å². The first-order valence-corrected chi connectivity index (χ1v) is 6.81. The number of benzene rings is 1. The molecule has 0 aliphatic heterocycles. The average molecular weight is 285 g/mol. The number of alkyl halides is 3. The summed E-state index contributed by atoms with van der Waals surface area (Å²) < 4.78 is 37.7. The van der Waals surface area contributed by atoms with Gasteiger partial charge in [0, 0.05) is 11.6 Å². The van der Waals surface area contributed by atoms with Crippen molar-refractivity contribution in [2.24, 2.45) is 5.92 Å². The molecule has 2 nitrogen and oxygen atoms in total. The van der Waals surface area contributed by atoms with E-state index in [4.69, 9.17) is 0 Å². The summed E-state index contributed by atoms with van der Waals surface area (Å²) in [6.07, 6.45) is -3.13. The van der Waals surface area contributed by atoms with Crippen LogP contribution >= 0.6 is 0 Å². The maximum atomic E-state index is 12.6. The van der Waals surface area contributed by atoms with Gasteiger partial charge in [-0.05, 0) is 44.2 Å². The van der Waals surface area contributed by atoms with E-state index in [1.807, 2.05) is 19.1 Å². The van der Waals surface area contributed by atoms with Crippen molar-refractivity contribution in [3.63, 3.8) is 0 Å². The standard InChI is InChI=1S/C15H18F3NO/c1-10-4-2-3-5-13(10)14(20)19-12-8-6-11(7-9-12)15(16,17)18/h2-5,11-12H,6-9H2,1H3,(H,19,20). The third-order valence-electron chi connectivity index (χ3n) is 3.92. The quantitative estimate of drug-likeness (QED) is 0.878. The van der Waals surface area contributed by atoms with E-state index < -0.39 is 12.1 Å². The smallest absolute Gasteiger partial charge is 0.349 e. The number of hydrogen-bond acceptors (Lipinski definition) is 1. The minimum atomic E-state index is -4.11. The van der Waals surface area contributed by atoms with E-state index in [0.29, 0.717) is 18.4 Å². The lowest BCUT2D eigenvalue weighted by Crippen LogP contribution is -2.40. The van der Waals surface area contributed by atoms with E-state index in [-0.39, 0.29) is 24.8 Å². The lowest BCUT2D eigenvalue weighted by Gasteiger charge is -2.30. The Morgan fingerprint density at radius 1 is 1.15 bits per heavy atom. The molecule has 110 valence electrons. The van der Waals surface area contributed by atoms with Gasteiger partial charge in [-0.15, -0.1) is 0 Å². The fraction of sp³-hybridized carbons (Fsp3) is 0.533. The average Bonchev–Trinajstić information content (AvgIpc) is 2.38. The molecule has 2 rings (SSSR count). The van der Waals surface area contributed by atoms with Crippen molar-refractivity contribution >= 4 is 5.91 Å². The molecule has 0 bridgehead atoms. The van der Waals surface area contributed by atoms with Crippen molar-refractivity contribution in [2.75, 3.05) is 0 Å². The minimum Gasteiger partial charge on any atom is -0.349 e. The van der Waals surface area contributed by atoms with Crippen LogP contribution in [-0.2, 0) is 0 Å². The number of carbonyl (C=O) groups is 1. The van der Waals surface area contributed by atoms with Gasteiger partial charge in [-0.3, -0.25) is 4.79 Å². The third-order valence-corrected chi connectivity index (χ3v) is 3.92. The second-order valence-electron chi connectivity index (χ2n) is 5.38. The Hall–Kier alpha value is -1.52. The van der Waals surface area contributed by atoms with Crippen LogP contribution in [0.3, 0.4) is 0 Å². The van der Waals surface area contributed by atoms with E-state index in [1.165, 1.54) is 0 Å². The number of amides is 1. The van der Waals surface area contributed by atoms with Gasteiger partial charge in [0.15, 0.2) is 0 Å². The molecule has 20 heavy (non-hydrogen) atoms. The van der Waals surface area contributed by atoms with Gasteiger partial charge in [-0.1, -0.05) is 18.2 Å². The molecular formula is C15H18F3NO. The molecule has 1 fully saturated rings. The van der Waals surface area contributed by atoms with Crippen LogP contribution in [0.4, 0.5) is 13.2 Å². The maximum Gasteiger partial charge on any atom is 0.391 e. The monoisotopic (exact) mass is 285 g/mol. The normalized spacial score (nSPS) is 23.4. The first-order valence-electron chi connectivity index (χ1n) is 6.81. The van der Waals surface area contributed by atoms with Gasteiger partial charge >= 0.3 is 6.18 Å². The summed E-state index contributed by atoms with van der Waals surface area (Å²) in [4.78, 5) is 12.1. The van der Waals surface area contributed by atoms with E-state index in [2.05, 4.69) is 5.32 Å². The molecule has 5 heteroatoms. The van der Waals surface area contributed by atoms with Gasteiger partial charge in [0.05, 0.1) is 5.92 Å². The Bertz CT molecular complexity index is 476. The van der Waals surface area contributed by atoms with Crippen molar-refractivity contribution in [1.82, 2.24) is 5.32 Å². The molecule has 1 aromatic carbocycles. The fourth-order valence-corrected chi connectivity index (χ4v) is 2.66. The predicted molar refractivity (Wildman–Crippen MR) is 70.4 cm³/mol. The van der Waals surface area contributed by atoms with Crippen molar-refractivity contribution in [1.29, 1.82) is 0 Å². The van der Waals surface area contributed by atoms with Gasteiger partial charge in [-0.2, -0.15) is 13.2 Å². The molecule has 1 N–H and O–H groups in total. The summed E-state index contributed by atoms with van der Waals surface area (Å²) in [5, 5.41) is 2.84.